The van der Waals surface area contributed by atoms with Gasteiger partial charge in [0.15, 0.2) is 0 Å². The Bertz CT molecular complexity index is 334. The van der Waals surface area contributed by atoms with Crippen LogP contribution < -0.4 is 0 Å². The zero-order valence-corrected chi connectivity index (χ0v) is 9.48. The molecule has 0 N–H and O–H groups in total. The van der Waals surface area contributed by atoms with Crippen molar-refractivity contribution in [3.8, 4) is 0 Å². The second-order valence-corrected chi connectivity index (χ2v) is 3.75. The van der Waals surface area contributed by atoms with E-state index in [1.54, 1.807) is 24.8 Å². The molecule has 0 aliphatic heterocycles. The SMILES string of the molecule is CCOC(=O)c1ccc(SC)c(C)c1. The van der Waals surface area contributed by atoms with Crippen LogP contribution in [0.5, 0.6) is 0 Å². The van der Waals surface area contributed by atoms with E-state index in [1.165, 1.54) is 4.90 Å². The van der Waals surface area contributed by atoms with Gasteiger partial charge >= 0.3 is 5.97 Å². The van der Waals surface area contributed by atoms with E-state index < -0.39 is 0 Å². The molecule has 1 rings (SSSR count). The third-order valence-electron chi connectivity index (χ3n) is 1.91. The van der Waals surface area contributed by atoms with Crippen LogP contribution in [0, 0.1) is 6.92 Å². The topological polar surface area (TPSA) is 26.3 Å². The zero-order valence-electron chi connectivity index (χ0n) is 8.66. The van der Waals surface area contributed by atoms with Gasteiger partial charge in [-0.15, -0.1) is 11.8 Å². The minimum absolute atomic E-state index is 0.247. The van der Waals surface area contributed by atoms with Crippen LogP contribution in [0.3, 0.4) is 0 Å². The minimum Gasteiger partial charge on any atom is -0.462 e. The van der Waals surface area contributed by atoms with E-state index in [1.807, 2.05) is 25.3 Å². The quantitative estimate of drug-likeness (QED) is 0.567. The van der Waals surface area contributed by atoms with Gasteiger partial charge in [0.05, 0.1) is 12.2 Å². The molecule has 0 heterocycles. The number of hydrogen-bond acceptors (Lipinski definition) is 3. The summed E-state index contributed by atoms with van der Waals surface area (Å²) >= 11 is 1.68. The average Bonchev–Trinajstić information content (AvgIpc) is 2.18. The molecule has 0 unspecified atom stereocenters. The molecule has 0 saturated heterocycles. The highest BCUT2D eigenvalue weighted by molar-refractivity contribution is 7.98. The van der Waals surface area contributed by atoms with Crippen LogP contribution in [0.25, 0.3) is 0 Å². The number of carbonyl (C=O) groups is 1. The van der Waals surface area contributed by atoms with Gasteiger partial charge in [0, 0.05) is 4.90 Å². The van der Waals surface area contributed by atoms with Gasteiger partial charge in [-0.1, -0.05) is 0 Å². The molecule has 0 fully saturated rings. The summed E-state index contributed by atoms with van der Waals surface area (Å²) in [7, 11) is 0. The smallest absolute Gasteiger partial charge is 0.338 e. The number of ether oxygens (including phenoxy) is 1. The van der Waals surface area contributed by atoms with Gasteiger partial charge in [0.2, 0.25) is 0 Å². The van der Waals surface area contributed by atoms with Crippen molar-refractivity contribution in [2.75, 3.05) is 12.9 Å². The van der Waals surface area contributed by atoms with Crippen molar-refractivity contribution in [1.82, 2.24) is 0 Å². The summed E-state index contributed by atoms with van der Waals surface area (Å²) in [5.41, 5.74) is 1.74. The van der Waals surface area contributed by atoms with Crippen LogP contribution in [-0.2, 0) is 4.74 Å². The summed E-state index contributed by atoms with van der Waals surface area (Å²) in [4.78, 5) is 12.6. The lowest BCUT2D eigenvalue weighted by molar-refractivity contribution is 0.0526. The third kappa shape index (κ3) is 2.51. The Balaban J connectivity index is 2.91. The van der Waals surface area contributed by atoms with Gasteiger partial charge in [-0.25, -0.2) is 4.79 Å². The Morgan fingerprint density at radius 3 is 2.71 bits per heavy atom. The molecule has 2 nitrogen and oxygen atoms in total. The van der Waals surface area contributed by atoms with E-state index in [4.69, 9.17) is 4.74 Å². The van der Waals surface area contributed by atoms with Gasteiger partial charge < -0.3 is 4.74 Å². The Morgan fingerprint density at radius 2 is 2.21 bits per heavy atom. The highest BCUT2D eigenvalue weighted by atomic mass is 32.2. The van der Waals surface area contributed by atoms with Crippen LogP contribution in [-0.4, -0.2) is 18.8 Å². The van der Waals surface area contributed by atoms with Crippen LogP contribution in [0.2, 0.25) is 0 Å². The standard InChI is InChI=1S/C11H14O2S/c1-4-13-11(12)9-5-6-10(14-3)8(2)7-9/h5-7H,4H2,1-3H3. The Kier molecular flexibility index (Phi) is 4.01. The fourth-order valence-electron chi connectivity index (χ4n) is 1.22. The van der Waals surface area contributed by atoms with Crippen LogP contribution in [0.15, 0.2) is 23.1 Å². The van der Waals surface area contributed by atoms with Crippen LogP contribution in [0.4, 0.5) is 0 Å². The van der Waals surface area contributed by atoms with E-state index in [0.717, 1.165) is 5.56 Å². The van der Waals surface area contributed by atoms with E-state index in [0.29, 0.717) is 12.2 Å². The largest absolute Gasteiger partial charge is 0.462 e. The number of hydrogen-bond donors (Lipinski definition) is 0. The molecule has 0 saturated carbocycles. The number of benzene rings is 1. The Labute approximate surface area is 88.7 Å². The predicted octanol–water partition coefficient (Wildman–Crippen LogP) is 2.89. The van der Waals surface area contributed by atoms with Crippen molar-refractivity contribution in [1.29, 1.82) is 0 Å². The fraction of sp³-hybridized carbons (Fsp3) is 0.364. The van der Waals surface area contributed by atoms with Gasteiger partial charge in [-0.05, 0) is 43.9 Å². The van der Waals surface area contributed by atoms with E-state index in [9.17, 15) is 4.79 Å². The average molecular weight is 210 g/mol. The molecule has 0 atom stereocenters. The molecule has 0 aliphatic carbocycles. The number of carbonyl (C=O) groups excluding carboxylic acids is 1. The molecule has 0 aliphatic rings. The highest BCUT2D eigenvalue weighted by Gasteiger charge is 2.07. The zero-order chi connectivity index (χ0) is 10.6. The van der Waals surface area contributed by atoms with Crippen molar-refractivity contribution < 1.29 is 9.53 Å². The van der Waals surface area contributed by atoms with Gasteiger partial charge in [0.1, 0.15) is 0 Å². The molecule has 0 bridgehead atoms. The van der Waals surface area contributed by atoms with Gasteiger partial charge in [-0.3, -0.25) is 0 Å². The second kappa shape index (κ2) is 5.05. The first-order valence-electron chi connectivity index (χ1n) is 4.50. The monoisotopic (exact) mass is 210 g/mol. The lowest BCUT2D eigenvalue weighted by atomic mass is 10.1. The fourth-order valence-corrected chi connectivity index (χ4v) is 1.80. The molecule has 1 aromatic carbocycles. The summed E-state index contributed by atoms with van der Waals surface area (Å²) in [6, 6.07) is 5.62. The number of aryl methyl sites for hydroxylation is 1. The lowest BCUT2D eigenvalue weighted by Gasteiger charge is -2.05. The first-order chi connectivity index (χ1) is 6.69. The normalized spacial score (nSPS) is 9.93. The van der Waals surface area contributed by atoms with Crippen molar-refractivity contribution in [2.45, 2.75) is 18.7 Å². The molecule has 3 heteroatoms. The first-order valence-corrected chi connectivity index (χ1v) is 5.73. The highest BCUT2D eigenvalue weighted by Crippen LogP contribution is 2.20. The predicted molar refractivity (Wildman–Crippen MR) is 58.9 cm³/mol. The first kappa shape index (κ1) is 11.1. The van der Waals surface area contributed by atoms with Crippen molar-refractivity contribution in [3.63, 3.8) is 0 Å². The van der Waals surface area contributed by atoms with E-state index in [-0.39, 0.29) is 5.97 Å². The summed E-state index contributed by atoms with van der Waals surface area (Å²) in [6.45, 7) is 4.22. The molecule has 1 aromatic rings. The maximum Gasteiger partial charge on any atom is 0.338 e. The third-order valence-corrected chi connectivity index (χ3v) is 2.80. The van der Waals surface area contributed by atoms with E-state index in [2.05, 4.69) is 0 Å². The molecule has 76 valence electrons. The summed E-state index contributed by atoms with van der Waals surface area (Å²) in [5.74, 6) is -0.247. The van der Waals surface area contributed by atoms with Crippen LogP contribution in [0.1, 0.15) is 22.8 Å². The number of rotatable bonds is 3. The maximum atomic E-state index is 11.4. The van der Waals surface area contributed by atoms with Gasteiger partial charge in [0.25, 0.3) is 0 Å². The summed E-state index contributed by atoms with van der Waals surface area (Å²) in [6.07, 6.45) is 2.02. The number of thioether (sulfide) groups is 1. The van der Waals surface area contributed by atoms with E-state index >= 15 is 0 Å². The van der Waals surface area contributed by atoms with Crippen molar-refractivity contribution in [3.05, 3.63) is 29.3 Å². The molecular weight excluding hydrogens is 196 g/mol. The van der Waals surface area contributed by atoms with Crippen molar-refractivity contribution in [2.24, 2.45) is 0 Å². The maximum absolute atomic E-state index is 11.4. The molecule has 0 radical (unpaired) electrons. The molecule has 0 amide bonds. The summed E-state index contributed by atoms with van der Waals surface area (Å²) in [5, 5.41) is 0. The number of esters is 1. The molecule has 14 heavy (non-hydrogen) atoms. The van der Waals surface area contributed by atoms with Crippen LogP contribution >= 0.6 is 11.8 Å². The molecule has 0 spiro atoms. The lowest BCUT2D eigenvalue weighted by Crippen LogP contribution is -2.04. The molecular formula is C11H14O2S. The van der Waals surface area contributed by atoms with Crippen molar-refractivity contribution >= 4 is 17.7 Å². The second-order valence-electron chi connectivity index (χ2n) is 2.90. The Morgan fingerprint density at radius 1 is 1.50 bits per heavy atom. The minimum atomic E-state index is -0.247. The summed E-state index contributed by atoms with van der Waals surface area (Å²) < 4.78 is 4.91. The Hall–Kier alpha value is -0.960. The molecule has 0 aromatic heterocycles. The van der Waals surface area contributed by atoms with Gasteiger partial charge in [-0.2, -0.15) is 0 Å².